The first-order valence-electron chi connectivity index (χ1n) is 10.5. The van der Waals surface area contributed by atoms with Gasteiger partial charge in [-0.2, -0.15) is 43.2 Å². The second kappa shape index (κ2) is 12.9. The molecule has 36 heavy (non-hydrogen) atoms. The Bertz CT molecular complexity index is 1210. The topological polar surface area (TPSA) is 86.7 Å². The number of rotatable bonds is 9. The van der Waals surface area contributed by atoms with Gasteiger partial charge in [-0.15, -0.1) is 0 Å². The molecule has 0 amide bonds. The highest BCUT2D eigenvalue weighted by Gasteiger charge is 2.35. The first-order valence-corrected chi connectivity index (χ1v) is 13.7. The van der Waals surface area contributed by atoms with Gasteiger partial charge in [0.2, 0.25) is 0 Å². The van der Waals surface area contributed by atoms with Crippen molar-refractivity contribution in [2.75, 3.05) is 13.2 Å². The van der Waals surface area contributed by atoms with Gasteiger partial charge in [0, 0.05) is 0 Å². The Morgan fingerprint density at radius 3 is 1.56 bits per heavy atom. The van der Waals surface area contributed by atoms with Crippen molar-refractivity contribution in [2.24, 2.45) is 0 Å². The van der Waals surface area contributed by atoms with Crippen molar-refractivity contribution in [1.82, 2.24) is 0 Å². The molecular weight excluding hydrogens is 538 g/mol. The van der Waals surface area contributed by atoms with Crippen molar-refractivity contribution >= 4 is 20.2 Å². The average molecular weight is 565 g/mol. The highest BCUT2D eigenvalue weighted by Crippen LogP contribution is 2.35. The molecule has 0 aliphatic carbocycles. The van der Waals surface area contributed by atoms with E-state index in [0.717, 1.165) is 18.2 Å². The highest BCUT2D eigenvalue weighted by molar-refractivity contribution is 7.86. The molecule has 0 fully saturated rings. The fraction of sp³-hybridized carbons (Fsp3) is 0.455. The van der Waals surface area contributed by atoms with Crippen molar-refractivity contribution in [1.29, 1.82) is 0 Å². The minimum absolute atomic E-state index is 0.0992. The van der Waals surface area contributed by atoms with Gasteiger partial charge in [0.25, 0.3) is 20.2 Å². The maximum atomic E-state index is 12.9. The predicted molar refractivity (Wildman–Crippen MR) is 121 cm³/mol. The molecule has 0 spiro atoms. The molecule has 0 bridgehead atoms. The number of benzene rings is 2. The first kappa shape index (κ1) is 31.9. The van der Waals surface area contributed by atoms with Crippen LogP contribution >= 0.6 is 0 Å². The Balaban J connectivity index is 0.000000362. The summed E-state index contributed by atoms with van der Waals surface area (Å²) in [5.41, 5.74) is -2.06. The molecule has 0 N–H and O–H groups in total. The van der Waals surface area contributed by atoms with Crippen LogP contribution in [0.25, 0.3) is 0 Å². The maximum absolute atomic E-state index is 12.9. The second-order valence-electron chi connectivity index (χ2n) is 7.17. The summed E-state index contributed by atoms with van der Waals surface area (Å²) in [5, 5.41) is 0. The number of hydrogen-bond donors (Lipinski definition) is 0. The zero-order valence-electron chi connectivity index (χ0n) is 19.6. The van der Waals surface area contributed by atoms with E-state index >= 15 is 0 Å². The van der Waals surface area contributed by atoms with E-state index in [9.17, 15) is 43.2 Å². The summed E-state index contributed by atoms with van der Waals surface area (Å²) >= 11 is 0. The number of alkyl halides is 6. The third-order valence-corrected chi connectivity index (χ3v) is 7.03. The minimum atomic E-state index is -4.58. The van der Waals surface area contributed by atoms with Gasteiger partial charge in [-0.25, -0.2) is 0 Å². The smallest absolute Gasteiger partial charge is 0.270 e. The lowest BCUT2D eigenvalue weighted by Crippen LogP contribution is -2.16. The molecule has 2 rings (SSSR count). The van der Waals surface area contributed by atoms with Gasteiger partial charge < -0.3 is 0 Å². The standard InChI is InChI=1S/C12H15F3O3S.C10H11F3O3S/c1-3-9-6-5-7-11(12(13,14)15)10(9)8-19(16,17)18-4-2;1-2-16-17(14,15)7-8-5-3-4-6-9(8)10(11,12)13/h5-7H,3-4,8H2,1-2H3;3-6H,2,7H2,1H3. The quantitative estimate of drug-likeness (QED) is 0.287. The molecule has 0 aliphatic rings. The molecule has 6 nitrogen and oxygen atoms in total. The molecule has 2 aromatic carbocycles. The summed E-state index contributed by atoms with van der Waals surface area (Å²) in [4.78, 5) is 0. The lowest BCUT2D eigenvalue weighted by molar-refractivity contribution is -0.139. The normalized spacial score (nSPS) is 12.7. The molecule has 0 atom stereocenters. The van der Waals surface area contributed by atoms with Gasteiger partial charge in [0.05, 0.1) is 24.3 Å². The first-order chi connectivity index (χ1) is 16.5. The lowest BCUT2D eigenvalue weighted by atomic mass is 10.0. The Morgan fingerprint density at radius 2 is 1.08 bits per heavy atom. The predicted octanol–water partition coefficient (Wildman–Crippen LogP) is 5.71. The molecule has 0 saturated carbocycles. The molecule has 0 unspecified atom stereocenters. The summed E-state index contributed by atoms with van der Waals surface area (Å²) in [7, 11) is -7.97. The summed E-state index contributed by atoms with van der Waals surface area (Å²) in [5.74, 6) is -1.55. The van der Waals surface area contributed by atoms with Crippen LogP contribution in [-0.4, -0.2) is 30.0 Å². The maximum Gasteiger partial charge on any atom is 0.416 e. The lowest BCUT2D eigenvalue weighted by Gasteiger charge is -2.16. The molecular formula is C22H26F6O6S2. The van der Waals surface area contributed by atoms with E-state index in [2.05, 4.69) is 8.37 Å². The number of aryl methyl sites for hydroxylation is 1. The largest absolute Gasteiger partial charge is 0.416 e. The number of halogens is 6. The van der Waals surface area contributed by atoms with Crippen LogP contribution in [-0.2, 0) is 58.9 Å². The van der Waals surface area contributed by atoms with Crippen molar-refractivity contribution in [3.8, 4) is 0 Å². The van der Waals surface area contributed by atoms with E-state index in [1.54, 1.807) is 6.92 Å². The van der Waals surface area contributed by atoms with Crippen molar-refractivity contribution < 1.29 is 51.5 Å². The van der Waals surface area contributed by atoms with Crippen molar-refractivity contribution in [3.63, 3.8) is 0 Å². The molecule has 0 saturated heterocycles. The number of hydrogen-bond acceptors (Lipinski definition) is 6. The third kappa shape index (κ3) is 10.1. The van der Waals surface area contributed by atoms with E-state index in [4.69, 9.17) is 0 Å². The second-order valence-corrected chi connectivity index (χ2v) is 10.4. The van der Waals surface area contributed by atoms with E-state index in [0.29, 0.717) is 12.0 Å². The zero-order chi connectivity index (χ0) is 27.8. The molecule has 0 radical (unpaired) electrons. The van der Waals surface area contributed by atoms with E-state index in [1.807, 2.05) is 0 Å². The summed E-state index contributed by atoms with van der Waals surface area (Å²) < 4.78 is 131. The fourth-order valence-corrected chi connectivity index (χ4v) is 5.35. The van der Waals surface area contributed by atoms with Crippen LogP contribution in [0.5, 0.6) is 0 Å². The Morgan fingerprint density at radius 1 is 0.639 bits per heavy atom. The molecule has 2 aromatic rings. The summed E-state index contributed by atoms with van der Waals surface area (Å²) in [6.07, 6.45) is -8.83. The molecule has 0 aliphatic heterocycles. The Kier molecular flexibility index (Phi) is 11.4. The van der Waals surface area contributed by atoms with Crippen LogP contribution in [0.4, 0.5) is 26.3 Å². The SMILES string of the molecule is CCOS(=O)(=O)Cc1c(CC)cccc1C(F)(F)F.CCOS(=O)(=O)Cc1ccccc1C(F)(F)F. The summed E-state index contributed by atoms with van der Waals surface area (Å²) in [6.45, 7) is 4.39. The molecule has 0 aromatic heterocycles. The van der Waals surface area contributed by atoms with Crippen LogP contribution in [0.3, 0.4) is 0 Å². The monoisotopic (exact) mass is 564 g/mol. The Hall–Kier alpha value is -2.16. The molecule has 0 heterocycles. The van der Waals surface area contributed by atoms with Gasteiger partial charge in [-0.05, 0) is 49.1 Å². The molecule has 14 heteroatoms. The van der Waals surface area contributed by atoms with Crippen LogP contribution in [0.2, 0.25) is 0 Å². The van der Waals surface area contributed by atoms with Gasteiger partial charge in [0.15, 0.2) is 0 Å². The highest BCUT2D eigenvalue weighted by atomic mass is 32.2. The van der Waals surface area contributed by atoms with Gasteiger partial charge in [-0.1, -0.05) is 37.3 Å². The van der Waals surface area contributed by atoms with Gasteiger partial charge >= 0.3 is 12.4 Å². The third-order valence-electron chi connectivity index (χ3n) is 4.53. The van der Waals surface area contributed by atoms with Crippen molar-refractivity contribution in [2.45, 2.75) is 51.1 Å². The zero-order valence-corrected chi connectivity index (χ0v) is 21.2. The average Bonchev–Trinajstić information content (AvgIpc) is 2.72. The van der Waals surface area contributed by atoms with Crippen LogP contribution in [0.1, 0.15) is 48.6 Å². The van der Waals surface area contributed by atoms with Crippen LogP contribution < -0.4 is 0 Å². The van der Waals surface area contributed by atoms with Crippen LogP contribution in [0.15, 0.2) is 42.5 Å². The van der Waals surface area contributed by atoms with E-state index < -0.39 is 55.2 Å². The minimum Gasteiger partial charge on any atom is -0.270 e. The Labute approximate surface area is 206 Å². The van der Waals surface area contributed by atoms with Crippen LogP contribution in [0, 0.1) is 0 Å². The van der Waals surface area contributed by atoms with Crippen molar-refractivity contribution in [3.05, 3.63) is 70.3 Å². The van der Waals surface area contributed by atoms with Gasteiger partial charge in [0.1, 0.15) is 11.5 Å². The van der Waals surface area contributed by atoms with E-state index in [1.165, 1.54) is 38.1 Å². The summed E-state index contributed by atoms with van der Waals surface area (Å²) in [6, 6.07) is 8.18. The van der Waals surface area contributed by atoms with E-state index in [-0.39, 0.29) is 24.3 Å². The molecule has 204 valence electrons. The van der Waals surface area contributed by atoms with Gasteiger partial charge in [-0.3, -0.25) is 8.37 Å². The fourth-order valence-electron chi connectivity index (χ4n) is 3.13.